The highest BCUT2D eigenvalue weighted by Crippen LogP contribution is 2.00. The van der Waals surface area contributed by atoms with Crippen LogP contribution in [0.15, 0.2) is 18.3 Å². The summed E-state index contributed by atoms with van der Waals surface area (Å²) in [6.07, 6.45) is 1.41. The molecule has 1 aliphatic rings. The van der Waals surface area contributed by atoms with E-state index < -0.39 is 13.1 Å². The van der Waals surface area contributed by atoms with Gasteiger partial charge in [0.2, 0.25) is 5.95 Å². The Morgan fingerprint density at radius 3 is 2.69 bits per heavy atom. The highest BCUT2D eigenvalue weighted by molar-refractivity contribution is 6.61. The zero-order chi connectivity index (χ0) is 11.4. The molecule has 0 bridgehead atoms. The summed E-state index contributed by atoms with van der Waals surface area (Å²) in [4.78, 5) is 5.69. The van der Waals surface area contributed by atoms with Crippen molar-refractivity contribution in [1.29, 1.82) is 0 Å². The monoisotopic (exact) mass is 224 g/mol. The van der Waals surface area contributed by atoms with E-state index in [9.17, 15) is 4.39 Å². The maximum Gasteiger partial charge on any atom is 0.498 e. The lowest BCUT2D eigenvalue weighted by atomic mass is 9.79. The minimum atomic E-state index is -0.637. The van der Waals surface area contributed by atoms with Crippen molar-refractivity contribution < 1.29 is 13.7 Å². The molecule has 0 unspecified atom stereocenters. The Morgan fingerprint density at radius 2 is 2.06 bits per heavy atom. The highest BCUT2D eigenvalue weighted by atomic mass is 19.1. The first-order valence-corrected chi connectivity index (χ1v) is 5.29. The number of hydrogen-bond donors (Lipinski definition) is 0. The number of halogens is 1. The lowest BCUT2D eigenvalue weighted by Gasteiger charge is -2.23. The van der Waals surface area contributed by atoms with Crippen LogP contribution in [0.2, 0.25) is 0 Å². The molecule has 0 saturated carbocycles. The average Bonchev–Trinajstić information content (AvgIpc) is 2.24. The first kappa shape index (κ1) is 11.5. The van der Waals surface area contributed by atoms with Gasteiger partial charge in [-0.1, -0.05) is 6.07 Å². The Kier molecular flexibility index (Phi) is 3.87. The van der Waals surface area contributed by atoms with Gasteiger partial charge in [-0.3, -0.25) is 0 Å². The van der Waals surface area contributed by atoms with E-state index in [1.54, 1.807) is 12.1 Å². The molecule has 2 rings (SSSR count). The van der Waals surface area contributed by atoms with Gasteiger partial charge in [0, 0.05) is 38.0 Å². The first-order valence-electron chi connectivity index (χ1n) is 5.29. The molecule has 2 heterocycles. The minimum Gasteiger partial charge on any atom is -0.406 e. The van der Waals surface area contributed by atoms with Crippen molar-refractivity contribution in [3.63, 3.8) is 0 Å². The number of likely N-dealkylation sites (N-methyl/N-ethyl adjacent to an activating group) is 1. The van der Waals surface area contributed by atoms with E-state index in [1.165, 1.54) is 6.20 Å². The van der Waals surface area contributed by atoms with Gasteiger partial charge in [-0.05, 0) is 13.1 Å². The van der Waals surface area contributed by atoms with Gasteiger partial charge in [-0.25, -0.2) is 4.98 Å². The van der Waals surface area contributed by atoms with Crippen LogP contribution >= 0.6 is 0 Å². The van der Waals surface area contributed by atoms with Crippen molar-refractivity contribution in [2.75, 3.05) is 33.4 Å². The third-order valence-corrected chi connectivity index (χ3v) is 2.53. The van der Waals surface area contributed by atoms with Crippen molar-refractivity contribution in [3.8, 4) is 0 Å². The zero-order valence-corrected chi connectivity index (χ0v) is 9.23. The fourth-order valence-corrected chi connectivity index (χ4v) is 1.54. The van der Waals surface area contributed by atoms with Crippen LogP contribution in [0.1, 0.15) is 0 Å². The summed E-state index contributed by atoms with van der Waals surface area (Å²) in [5.41, 5.74) is 0.368. The van der Waals surface area contributed by atoms with Gasteiger partial charge in [0.25, 0.3) is 0 Å². The van der Waals surface area contributed by atoms with Gasteiger partial charge in [0.05, 0.1) is 0 Å². The van der Waals surface area contributed by atoms with Crippen LogP contribution in [0.5, 0.6) is 0 Å². The van der Waals surface area contributed by atoms with E-state index in [0.29, 0.717) is 18.7 Å². The summed E-state index contributed by atoms with van der Waals surface area (Å²) < 4.78 is 24.4. The normalized spacial score (nSPS) is 19.2. The van der Waals surface area contributed by atoms with Crippen LogP contribution in [0.25, 0.3) is 0 Å². The van der Waals surface area contributed by atoms with Crippen molar-refractivity contribution in [2.45, 2.75) is 0 Å². The second-order valence-corrected chi connectivity index (χ2v) is 3.76. The number of rotatable bonds is 1. The Hall–Kier alpha value is -0.975. The average molecular weight is 224 g/mol. The molecule has 16 heavy (non-hydrogen) atoms. The van der Waals surface area contributed by atoms with E-state index in [-0.39, 0.29) is 0 Å². The van der Waals surface area contributed by atoms with E-state index in [1.807, 2.05) is 7.05 Å². The molecule has 0 atom stereocenters. The quantitative estimate of drug-likeness (QED) is 0.492. The fraction of sp³-hybridized carbons (Fsp3) is 0.500. The van der Waals surface area contributed by atoms with Crippen molar-refractivity contribution in [3.05, 3.63) is 24.3 Å². The SMILES string of the molecule is CN1CCOB(c2cccnc2F)OCC1. The summed E-state index contributed by atoms with van der Waals surface area (Å²) in [6, 6.07) is 3.31. The van der Waals surface area contributed by atoms with Crippen LogP contribution in [0.3, 0.4) is 0 Å². The molecule has 1 aromatic heterocycles. The maximum atomic E-state index is 13.4. The van der Waals surface area contributed by atoms with Gasteiger partial charge in [0.15, 0.2) is 0 Å². The predicted octanol–water partition coefficient (Wildman–Crippen LogP) is -0.106. The van der Waals surface area contributed by atoms with Crippen LogP contribution < -0.4 is 5.46 Å². The molecule has 1 aliphatic heterocycles. The summed E-state index contributed by atoms with van der Waals surface area (Å²) >= 11 is 0. The van der Waals surface area contributed by atoms with Crippen molar-refractivity contribution >= 4 is 12.6 Å². The third kappa shape index (κ3) is 2.78. The molecule has 1 saturated heterocycles. The summed E-state index contributed by atoms with van der Waals surface area (Å²) in [5, 5.41) is 0. The highest BCUT2D eigenvalue weighted by Gasteiger charge is 2.26. The molecular formula is C10H14BFN2O2. The molecule has 0 aliphatic carbocycles. The van der Waals surface area contributed by atoms with Crippen LogP contribution in [0.4, 0.5) is 4.39 Å². The Labute approximate surface area is 94.5 Å². The molecular weight excluding hydrogens is 210 g/mol. The number of pyridine rings is 1. The number of nitrogens with zero attached hydrogens (tertiary/aromatic N) is 2. The largest absolute Gasteiger partial charge is 0.498 e. The molecule has 1 fully saturated rings. The van der Waals surface area contributed by atoms with E-state index in [0.717, 1.165) is 13.1 Å². The standard InChI is InChI=1S/C10H14BFN2O2/c1-14-5-7-15-11(16-8-6-14)9-3-2-4-13-10(9)12/h2-4H,5-8H2,1H3. The minimum absolute atomic E-state index is 0.368. The number of hydrogen-bond acceptors (Lipinski definition) is 4. The Morgan fingerprint density at radius 1 is 1.38 bits per heavy atom. The lowest BCUT2D eigenvalue weighted by Crippen LogP contribution is -2.45. The zero-order valence-electron chi connectivity index (χ0n) is 9.23. The number of aromatic nitrogens is 1. The molecule has 0 amide bonds. The smallest absolute Gasteiger partial charge is 0.406 e. The molecule has 1 aromatic rings. The molecule has 6 heteroatoms. The van der Waals surface area contributed by atoms with Gasteiger partial charge in [0.1, 0.15) is 0 Å². The van der Waals surface area contributed by atoms with Gasteiger partial charge < -0.3 is 14.2 Å². The van der Waals surface area contributed by atoms with Crippen molar-refractivity contribution in [1.82, 2.24) is 9.88 Å². The Bertz CT molecular complexity index is 343. The topological polar surface area (TPSA) is 34.6 Å². The van der Waals surface area contributed by atoms with Crippen molar-refractivity contribution in [2.24, 2.45) is 0 Å². The summed E-state index contributed by atoms with van der Waals surface area (Å²) in [6.45, 7) is 2.69. The second-order valence-electron chi connectivity index (χ2n) is 3.76. The molecule has 0 N–H and O–H groups in total. The lowest BCUT2D eigenvalue weighted by molar-refractivity contribution is 0.131. The van der Waals surface area contributed by atoms with Crippen LogP contribution in [0, 0.1) is 5.95 Å². The predicted molar refractivity (Wildman–Crippen MR) is 59.0 cm³/mol. The maximum absolute atomic E-state index is 13.4. The first-order chi connectivity index (χ1) is 7.77. The second kappa shape index (κ2) is 5.38. The van der Waals surface area contributed by atoms with Gasteiger partial charge in [-0.15, -0.1) is 0 Å². The molecule has 0 spiro atoms. The third-order valence-electron chi connectivity index (χ3n) is 2.53. The molecule has 0 radical (unpaired) electrons. The molecule has 86 valence electrons. The van der Waals surface area contributed by atoms with E-state index in [4.69, 9.17) is 9.31 Å². The van der Waals surface area contributed by atoms with Gasteiger partial charge in [-0.2, -0.15) is 4.39 Å². The van der Waals surface area contributed by atoms with E-state index >= 15 is 0 Å². The van der Waals surface area contributed by atoms with Crippen LogP contribution in [-0.2, 0) is 9.31 Å². The van der Waals surface area contributed by atoms with Crippen LogP contribution in [-0.4, -0.2) is 50.4 Å². The Balaban J connectivity index is 2.06. The summed E-state index contributed by atoms with van der Waals surface area (Å²) in [5.74, 6) is -0.526. The fourth-order valence-electron chi connectivity index (χ4n) is 1.54. The summed E-state index contributed by atoms with van der Waals surface area (Å²) in [7, 11) is 1.36. The molecule has 4 nitrogen and oxygen atoms in total. The molecule has 0 aromatic carbocycles. The van der Waals surface area contributed by atoms with Gasteiger partial charge >= 0.3 is 7.12 Å². The van der Waals surface area contributed by atoms with E-state index in [2.05, 4.69) is 9.88 Å².